The average molecular weight is 278 g/mol. The Morgan fingerprint density at radius 2 is 2.10 bits per heavy atom. The number of anilines is 1. The molecule has 20 heavy (non-hydrogen) atoms. The van der Waals surface area contributed by atoms with Crippen LogP contribution in [0.5, 0.6) is 5.75 Å². The van der Waals surface area contributed by atoms with Crippen molar-refractivity contribution in [2.75, 3.05) is 25.9 Å². The van der Waals surface area contributed by atoms with Crippen molar-refractivity contribution in [2.24, 2.45) is 11.8 Å². The van der Waals surface area contributed by atoms with Gasteiger partial charge < -0.3 is 20.5 Å². The van der Waals surface area contributed by atoms with Gasteiger partial charge in [0.05, 0.1) is 18.6 Å². The average Bonchev–Trinajstić information content (AvgIpc) is 2.80. The van der Waals surface area contributed by atoms with E-state index in [9.17, 15) is 9.59 Å². The van der Waals surface area contributed by atoms with Gasteiger partial charge in [-0.05, 0) is 18.1 Å². The van der Waals surface area contributed by atoms with Crippen LogP contribution in [0.3, 0.4) is 0 Å². The van der Waals surface area contributed by atoms with Crippen LogP contribution in [-0.4, -0.2) is 42.1 Å². The summed E-state index contributed by atoms with van der Waals surface area (Å²) in [6.45, 7) is 2.49. The van der Waals surface area contributed by atoms with Crippen molar-refractivity contribution in [3.05, 3.63) is 23.8 Å². The molecule has 1 heterocycles. The molecule has 0 bridgehead atoms. The van der Waals surface area contributed by atoms with Gasteiger partial charge in [-0.2, -0.15) is 0 Å². The highest BCUT2D eigenvalue weighted by atomic mass is 16.5. The smallest absolute Gasteiger partial charge is 0.308 e. The fourth-order valence-corrected chi connectivity index (χ4v) is 2.49. The first-order valence-corrected chi connectivity index (χ1v) is 6.39. The Labute approximate surface area is 117 Å². The summed E-state index contributed by atoms with van der Waals surface area (Å²) in [6, 6.07) is 4.86. The molecule has 1 amide bonds. The first-order valence-electron chi connectivity index (χ1n) is 6.39. The van der Waals surface area contributed by atoms with E-state index in [4.69, 9.17) is 15.6 Å². The molecule has 0 aliphatic carbocycles. The van der Waals surface area contributed by atoms with Crippen molar-refractivity contribution in [3.8, 4) is 5.75 Å². The molecule has 1 aliphatic heterocycles. The number of carboxylic acids is 1. The first-order chi connectivity index (χ1) is 9.43. The zero-order chi connectivity index (χ0) is 14.9. The second-order valence-electron chi connectivity index (χ2n) is 5.09. The van der Waals surface area contributed by atoms with E-state index in [-0.39, 0.29) is 18.4 Å². The largest absolute Gasteiger partial charge is 0.497 e. The van der Waals surface area contributed by atoms with Crippen molar-refractivity contribution in [3.63, 3.8) is 0 Å². The van der Waals surface area contributed by atoms with Crippen LogP contribution in [0.1, 0.15) is 17.3 Å². The maximum absolute atomic E-state index is 12.4. The van der Waals surface area contributed by atoms with Crippen LogP contribution < -0.4 is 10.5 Å². The molecular formula is C14H18N2O4. The van der Waals surface area contributed by atoms with Crippen molar-refractivity contribution in [1.29, 1.82) is 0 Å². The Balaban J connectivity index is 2.19. The Morgan fingerprint density at radius 1 is 1.40 bits per heavy atom. The standard InChI is InChI=1S/C14H18N2O4/c1-8-6-16(7-11(8)14(18)19)13(17)10-4-3-9(20-2)5-12(10)15/h3-5,8,11H,6-7,15H2,1-2H3,(H,18,19)/t8-,11-/m1/s1. The molecule has 2 rings (SSSR count). The molecular weight excluding hydrogens is 260 g/mol. The van der Waals surface area contributed by atoms with Crippen LogP contribution in [0.25, 0.3) is 0 Å². The summed E-state index contributed by atoms with van der Waals surface area (Å²) < 4.78 is 5.04. The van der Waals surface area contributed by atoms with Crippen molar-refractivity contribution in [2.45, 2.75) is 6.92 Å². The number of rotatable bonds is 3. The predicted molar refractivity (Wildman–Crippen MR) is 73.6 cm³/mol. The monoisotopic (exact) mass is 278 g/mol. The summed E-state index contributed by atoms with van der Waals surface area (Å²) >= 11 is 0. The highest BCUT2D eigenvalue weighted by Gasteiger charge is 2.37. The van der Waals surface area contributed by atoms with E-state index < -0.39 is 11.9 Å². The Morgan fingerprint density at radius 3 is 2.60 bits per heavy atom. The number of aliphatic carboxylic acids is 1. The number of amides is 1. The third kappa shape index (κ3) is 2.54. The molecule has 0 radical (unpaired) electrons. The Kier molecular flexibility index (Phi) is 3.83. The number of nitrogens with two attached hydrogens (primary N) is 1. The first kappa shape index (κ1) is 14.2. The molecule has 0 unspecified atom stereocenters. The van der Waals surface area contributed by atoms with E-state index in [0.717, 1.165) is 0 Å². The molecule has 1 aromatic rings. The van der Waals surface area contributed by atoms with Crippen molar-refractivity contribution < 1.29 is 19.4 Å². The third-order valence-electron chi connectivity index (χ3n) is 3.71. The number of carbonyl (C=O) groups excluding carboxylic acids is 1. The lowest BCUT2D eigenvalue weighted by Crippen LogP contribution is -2.30. The van der Waals surface area contributed by atoms with Gasteiger partial charge in [0.25, 0.3) is 5.91 Å². The molecule has 1 fully saturated rings. The highest BCUT2D eigenvalue weighted by molar-refractivity contribution is 5.99. The lowest BCUT2D eigenvalue weighted by Gasteiger charge is -2.17. The number of nitrogen functional groups attached to an aromatic ring is 1. The summed E-state index contributed by atoms with van der Waals surface area (Å²) in [6.07, 6.45) is 0. The van der Waals surface area contributed by atoms with E-state index in [1.165, 1.54) is 7.11 Å². The molecule has 0 saturated carbocycles. The second kappa shape index (κ2) is 5.40. The summed E-state index contributed by atoms with van der Waals surface area (Å²) in [5.74, 6) is -1.09. The molecule has 1 aromatic carbocycles. The summed E-state index contributed by atoms with van der Waals surface area (Å²) in [7, 11) is 1.52. The van der Waals surface area contributed by atoms with Crippen LogP contribution >= 0.6 is 0 Å². The van der Waals surface area contributed by atoms with E-state index in [2.05, 4.69) is 0 Å². The lowest BCUT2D eigenvalue weighted by molar-refractivity contribution is -0.142. The number of hydrogen-bond acceptors (Lipinski definition) is 4. The van der Waals surface area contributed by atoms with Gasteiger partial charge >= 0.3 is 5.97 Å². The summed E-state index contributed by atoms with van der Waals surface area (Å²) in [5, 5.41) is 9.10. The highest BCUT2D eigenvalue weighted by Crippen LogP contribution is 2.27. The van der Waals surface area contributed by atoms with E-state index in [1.54, 1.807) is 23.1 Å². The van der Waals surface area contributed by atoms with Crippen molar-refractivity contribution in [1.82, 2.24) is 4.90 Å². The minimum absolute atomic E-state index is 0.0593. The second-order valence-corrected chi connectivity index (χ2v) is 5.09. The fraction of sp³-hybridized carbons (Fsp3) is 0.429. The quantitative estimate of drug-likeness (QED) is 0.807. The maximum Gasteiger partial charge on any atom is 0.308 e. The molecule has 3 N–H and O–H groups in total. The van der Waals surface area contributed by atoms with Crippen LogP contribution in [0, 0.1) is 11.8 Å². The third-order valence-corrected chi connectivity index (χ3v) is 3.71. The van der Waals surface area contributed by atoms with Gasteiger partial charge in [0.2, 0.25) is 0 Å². The van der Waals surface area contributed by atoms with Crippen LogP contribution in [0.15, 0.2) is 18.2 Å². The molecule has 1 saturated heterocycles. The number of likely N-dealkylation sites (tertiary alicyclic amines) is 1. The van der Waals surface area contributed by atoms with Gasteiger partial charge in [-0.1, -0.05) is 6.92 Å². The van der Waals surface area contributed by atoms with Crippen LogP contribution in [0.4, 0.5) is 5.69 Å². The van der Waals surface area contributed by atoms with Gasteiger partial charge in [-0.3, -0.25) is 9.59 Å². The zero-order valence-electron chi connectivity index (χ0n) is 11.5. The molecule has 6 nitrogen and oxygen atoms in total. The number of hydrogen-bond donors (Lipinski definition) is 2. The lowest BCUT2D eigenvalue weighted by atomic mass is 9.99. The molecule has 0 aromatic heterocycles. The molecule has 0 spiro atoms. The van der Waals surface area contributed by atoms with E-state index in [1.807, 2.05) is 6.92 Å². The summed E-state index contributed by atoms with van der Waals surface area (Å²) in [4.78, 5) is 25.0. The SMILES string of the molecule is COc1ccc(C(=O)N2C[C@@H](C)[C@H](C(=O)O)C2)c(N)c1. The number of carbonyl (C=O) groups is 2. The van der Waals surface area contributed by atoms with Gasteiger partial charge in [-0.15, -0.1) is 0 Å². The van der Waals surface area contributed by atoms with Gasteiger partial charge in [-0.25, -0.2) is 0 Å². The fourth-order valence-electron chi connectivity index (χ4n) is 2.49. The normalized spacial score (nSPS) is 21.8. The number of nitrogens with zero attached hydrogens (tertiary/aromatic N) is 1. The number of carboxylic acid groups (broad SMARTS) is 1. The van der Waals surface area contributed by atoms with Crippen LogP contribution in [0.2, 0.25) is 0 Å². The van der Waals surface area contributed by atoms with Crippen LogP contribution in [-0.2, 0) is 4.79 Å². The van der Waals surface area contributed by atoms with Gasteiger partial charge in [0.1, 0.15) is 5.75 Å². The molecule has 2 atom stereocenters. The minimum atomic E-state index is -0.865. The molecule has 108 valence electrons. The maximum atomic E-state index is 12.4. The minimum Gasteiger partial charge on any atom is -0.497 e. The van der Waals surface area contributed by atoms with Gasteiger partial charge in [0.15, 0.2) is 0 Å². The molecule has 1 aliphatic rings. The Hall–Kier alpha value is -2.24. The topological polar surface area (TPSA) is 92.9 Å². The number of ether oxygens (including phenoxy) is 1. The predicted octanol–water partition coefficient (Wildman–Crippen LogP) is 1.07. The number of benzene rings is 1. The van der Waals surface area contributed by atoms with E-state index >= 15 is 0 Å². The zero-order valence-corrected chi connectivity index (χ0v) is 11.5. The van der Waals surface area contributed by atoms with E-state index in [0.29, 0.717) is 23.5 Å². The van der Waals surface area contributed by atoms with Gasteiger partial charge in [0, 0.05) is 24.8 Å². The summed E-state index contributed by atoms with van der Waals surface area (Å²) in [5.41, 5.74) is 6.56. The number of methoxy groups -OCH3 is 1. The molecule has 6 heteroatoms. The van der Waals surface area contributed by atoms with Crippen molar-refractivity contribution >= 4 is 17.6 Å². The Bertz CT molecular complexity index is 544.